The van der Waals surface area contributed by atoms with Crippen LogP contribution in [0.3, 0.4) is 0 Å². The second-order valence-electron chi connectivity index (χ2n) is 3.64. The summed E-state index contributed by atoms with van der Waals surface area (Å²) >= 11 is 11.8. The van der Waals surface area contributed by atoms with Crippen molar-refractivity contribution in [3.05, 3.63) is 40.7 Å². The van der Waals surface area contributed by atoms with E-state index in [1.165, 1.54) is 0 Å². The van der Waals surface area contributed by atoms with E-state index in [9.17, 15) is 0 Å². The van der Waals surface area contributed by atoms with Crippen molar-refractivity contribution in [2.45, 2.75) is 6.92 Å². The molecule has 0 unspecified atom stereocenters. The first-order chi connectivity index (χ1) is 8.66. The smallest absolute Gasteiger partial charge is 0.225 e. The lowest BCUT2D eigenvalue weighted by molar-refractivity contribution is 0.944. The molecule has 0 amide bonds. The highest BCUT2D eigenvalue weighted by Crippen LogP contribution is 2.24. The predicted molar refractivity (Wildman–Crippen MR) is 69.2 cm³/mol. The fourth-order valence-electron chi connectivity index (χ4n) is 1.77. The second kappa shape index (κ2) is 4.19. The molecule has 0 N–H and O–H groups in total. The average Bonchev–Trinajstić information content (AvgIpc) is 2.67. The molecule has 0 aliphatic rings. The summed E-state index contributed by atoms with van der Waals surface area (Å²) in [5, 5.41) is 0.326. The van der Waals surface area contributed by atoms with Crippen LogP contribution in [0, 0.1) is 6.92 Å². The molecule has 0 saturated carbocycles. The molecule has 0 fully saturated rings. The van der Waals surface area contributed by atoms with E-state index in [4.69, 9.17) is 23.2 Å². The third kappa shape index (κ3) is 1.72. The number of fused-ring (bicyclic) bond motifs is 1. The van der Waals surface area contributed by atoms with Gasteiger partial charge in [0.2, 0.25) is 5.28 Å². The Morgan fingerprint density at radius 1 is 1.11 bits per heavy atom. The SMILES string of the molecule is Cc1nc2c(Cl)nc(Cl)nc2n1-c1ccccn1. The molecule has 0 aliphatic carbocycles. The Hall–Kier alpha value is -1.72. The number of aromatic nitrogens is 5. The fourth-order valence-corrected chi connectivity index (χ4v) is 2.18. The highest BCUT2D eigenvalue weighted by molar-refractivity contribution is 6.35. The maximum absolute atomic E-state index is 6.00. The number of halogens is 2. The van der Waals surface area contributed by atoms with E-state index in [1.54, 1.807) is 10.8 Å². The van der Waals surface area contributed by atoms with Gasteiger partial charge in [-0.3, -0.25) is 4.57 Å². The summed E-state index contributed by atoms with van der Waals surface area (Å²) in [7, 11) is 0. The number of pyridine rings is 1. The first-order valence-electron chi connectivity index (χ1n) is 5.16. The van der Waals surface area contributed by atoms with Crippen LogP contribution in [0.2, 0.25) is 10.4 Å². The summed E-state index contributed by atoms with van der Waals surface area (Å²) < 4.78 is 1.79. The van der Waals surface area contributed by atoms with E-state index in [1.807, 2.05) is 25.1 Å². The quantitative estimate of drug-likeness (QED) is 0.508. The van der Waals surface area contributed by atoms with E-state index < -0.39 is 0 Å². The summed E-state index contributed by atoms with van der Waals surface area (Å²) in [6.07, 6.45) is 1.70. The number of rotatable bonds is 1. The maximum atomic E-state index is 6.00. The van der Waals surface area contributed by atoms with Gasteiger partial charge in [-0.15, -0.1) is 0 Å². The van der Waals surface area contributed by atoms with Gasteiger partial charge in [0.1, 0.15) is 17.2 Å². The van der Waals surface area contributed by atoms with Crippen LogP contribution in [0.4, 0.5) is 0 Å². The van der Waals surface area contributed by atoms with Gasteiger partial charge in [-0.25, -0.2) is 15.0 Å². The standard InChI is InChI=1S/C11H7Cl2N5/c1-6-15-8-9(12)16-11(13)17-10(8)18(6)7-4-2-3-5-14-7/h2-5H,1H3. The molecule has 3 aromatic heterocycles. The van der Waals surface area contributed by atoms with Crippen LogP contribution in [0.5, 0.6) is 0 Å². The summed E-state index contributed by atoms with van der Waals surface area (Å²) in [4.78, 5) is 16.6. The van der Waals surface area contributed by atoms with Crippen molar-refractivity contribution in [1.82, 2.24) is 24.5 Å². The first kappa shape index (κ1) is 11.4. The molecule has 0 aromatic carbocycles. The highest BCUT2D eigenvalue weighted by Gasteiger charge is 2.15. The molecule has 5 nitrogen and oxygen atoms in total. The maximum Gasteiger partial charge on any atom is 0.225 e. The monoisotopic (exact) mass is 279 g/mol. The lowest BCUT2D eigenvalue weighted by Crippen LogP contribution is -2.00. The summed E-state index contributed by atoms with van der Waals surface area (Å²) in [6.45, 7) is 1.85. The average molecular weight is 280 g/mol. The Morgan fingerprint density at radius 3 is 2.67 bits per heavy atom. The predicted octanol–water partition coefficient (Wildman–Crippen LogP) is 2.83. The van der Waals surface area contributed by atoms with Gasteiger partial charge in [-0.1, -0.05) is 17.7 Å². The van der Waals surface area contributed by atoms with Crippen molar-refractivity contribution in [1.29, 1.82) is 0 Å². The topological polar surface area (TPSA) is 56.5 Å². The molecule has 0 radical (unpaired) electrons. The lowest BCUT2D eigenvalue weighted by Gasteiger charge is -2.04. The Bertz CT molecular complexity index is 723. The van der Waals surface area contributed by atoms with Crippen molar-refractivity contribution in [2.75, 3.05) is 0 Å². The molecule has 3 heterocycles. The second-order valence-corrected chi connectivity index (χ2v) is 4.33. The Balaban J connectivity index is 2.39. The largest absolute Gasteiger partial charge is 0.264 e. The number of nitrogens with zero attached hydrogens (tertiary/aromatic N) is 5. The number of hydrogen-bond acceptors (Lipinski definition) is 4. The van der Waals surface area contributed by atoms with E-state index in [2.05, 4.69) is 19.9 Å². The zero-order valence-corrected chi connectivity index (χ0v) is 10.8. The zero-order chi connectivity index (χ0) is 12.7. The molecule has 0 aliphatic heterocycles. The molecule has 18 heavy (non-hydrogen) atoms. The number of aryl methyl sites for hydroxylation is 1. The van der Waals surface area contributed by atoms with E-state index >= 15 is 0 Å². The molecule has 0 atom stereocenters. The fraction of sp³-hybridized carbons (Fsp3) is 0.0909. The molecular weight excluding hydrogens is 273 g/mol. The minimum Gasteiger partial charge on any atom is -0.264 e. The van der Waals surface area contributed by atoms with Gasteiger partial charge in [0.05, 0.1) is 0 Å². The van der Waals surface area contributed by atoms with Crippen LogP contribution >= 0.6 is 23.2 Å². The molecule has 0 spiro atoms. The normalized spacial score (nSPS) is 11.1. The van der Waals surface area contributed by atoms with Crippen LogP contribution in [0.15, 0.2) is 24.4 Å². The van der Waals surface area contributed by atoms with Crippen LogP contribution in [0.1, 0.15) is 5.82 Å². The molecule has 3 aromatic rings. The summed E-state index contributed by atoms with van der Waals surface area (Å²) in [5.41, 5.74) is 1.07. The number of imidazole rings is 1. The minimum atomic E-state index is 0.0876. The van der Waals surface area contributed by atoms with Crippen molar-refractivity contribution in [3.63, 3.8) is 0 Å². The van der Waals surface area contributed by atoms with Crippen molar-refractivity contribution >= 4 is 34.4 Å². The van der Waals surface area contributed by atoms with Crippen LogP contribution in [-0.4, -0.2) is 24.5 Å². The molecule has 90 valence electrons. The van der Waals surface area contributed by atoms with E-state index in [0.29, 0.717) is 17.0 Å². The molecule has 3 rings (SSSR count). The number of hydrogen-bond donors (Lipinski definition) is 0. The van der Waals surface area contributed by atoms with Gasteiger partial charge in [0.15, 0.2) is 10.8 Å². The van der Waals surface area contributed by atoms with E-state index in [0.717, 1.165) is 5.82 Å². The molecular formula is C11H7Cl2N5. The van der Waals surface area contributed by atoms with Crippen LogP contribution in [0.25, 0.3) is 17.0 Å². The first-order valence-corrected chi connectivity index (χ1v) is 5.92. The van der Waals surface area contributed by atoms with Gasteiger partial charge < -0.3 is 0 Å². The van der Waals surface area contributed by atoms with Crippen molar-refractivity contribution < 1.29 is 0 Å². The van der Waals surface area contributed by atoms with Gasteiger partial charge in [0, 0.05) is 6.20 Å². The molecule has 7 heteroatoms. The van der Waals surface area contributed by atoms with Crippen molar-refractivity contribution in [3.8, 4) is 5.82 Å². The summed E-state index contributed by atoms with van der Waals surface area (Å²) in [5.74, 6) is 1.44. The van der Waals surface area contributed by atoms with Gasteiger partial charge in [0.25, 0.3) is 0 Å². The third-order valence-electron chi connectivity index (χ3n) is 2.48. The van der Waals surface area contributed by atoms with Crippen molar-refractivity contribution in [2.24, 2.45) is 0 Å². The highest BCUT2D eigenvalue weighted by atomic mass is 35.5. The van der Waals surface area contributed by atoms with E-state index in [-0.39, 0.29) is 10.4 Å². The lowest BCUT2D eigenvalue weighted by atomic mass is 10.4. The third-order valence-corrected chi connectivity index (χ3v) is 2.92. The Labute approximate surface area is 112 Å². The van der Waals surface area contributed by atoms with Gasteiger partial charge >= 0.3 is 0 Å². The molecule has 0 saturated heterocycles. The summed E-state index contributed by atoms with van der Waals surface area (Å²) in [6, 6.07) is 5.59. The Morgan fingerprint density at radius 2 is 1.94 bits per heavy atom. The van der Waals surface area contributed by atoms with Gasteiger partial charge in [-0.05, 0) is 30.7 Å². The van der Waals surface area contributed by atoms with Gasteiger partial charge in [-0.2, -0.15) is 4.98 Å². The molecule has 0 bridgehead atoms. The van der Waals surface area contributed by atoms with Crippen LogP contribution in [-0.2, 0) is 0 Å². The zero-order valence-electron chi connectivity index (χ0n) is 9.30. The van der Waals surface area contributed by atoms with Crippen LogP contribution < -0.4 is 0 Å². The minimum absolute atomic E-state index is 0.0876. The Kier molecular flexibility index (Phi) is 2.65.